The van der Waals surface area contributed by atoms with Crippen molar-refractivity contribution < 1.29 is 14.6 Å². The first-order valence-corrected chi connectivity index (χ1v) is 6.89. The van der Waals surface area contributed by atoms with E-state index < -0.39 is 5.97 Å². The molecule has 2 rings (SSSR count). The van der Waals surface area contributed by atoms with Gasteiger partial charge in [-0.05, 0) is 35.4 Å². The Balaban J connectivity index is 2.42. The van der Waals surface area contributed by atoms with Crippen molar-refractivity contribution in [3.05, 3.63) is 47.5 Å². The number of esters is 1. The van der Waals surface area contributed by atoms with Crippen LogP contribution in [0.5, 0.6) is 11.5 Å². The van der Waals surface area contributed by atoms with Crippen LogP contribution >= 0.6 is 0 Å². The lowest BCUT2D eigenvalue weighted by molar-refractivity contribution is -0.131. The summed E-state index contributed by atoms with van der Waals surface area (Å²) >= 11 is 0. The Morgan fingerprint density at radius 3 is 2.09 bits per heavy atom. The summed E-state index contributed by atoms with van der Waals surface area (Å²) in [5, 5.41) is 9.55. The summed E-state index contributed by atoms with van der Waals surface area (Å²) in [5.41, 5.74) is 14.0. The molecule has 0 aromatic heterocycles. The molecule has 0 spiro atoms. The first-order valence-electron chi connectivity index (χ1n) is 6.89. The molecule has 0 heterocycles. The lowest BCUT2D eigenvalue weighted by Crippen LogP contribution is -2.19. The highest BCUT2D eigenvalue weighted by molar-refractivity contribution is 5.72. The molecule has 0 saturated heterocycles. The molecule has 5 N–H and O–H groups in total. The van der Waals surface area contributed by atoms with E-state index in [4.69, 9.17) is 16.2 Å². The van der Waals surface area contributed by atoms with E-state index in [0.717, 1.165) is 11.1 Å². The van der Waals surface area contributed by atoms with Crippen LogP contribution in [0.1, 0.15) is 31.9 Å². The molecule has 0 saturated carbocycles. The molecule has 0 radical (unpaired) electrons. The number of nitrogen functional groups attached to an aromatic ring is 2. The maximum atomic E-state index is 11.0. The molecule has 0 atom stereocenters. The van der Waals surface area contributed by atoms with E-state index in [0.29, 0.717) is 17.1 Å². The van der Waals surface area contributed by atoms with Crippen LogP contribution in [0.15, 0.2) is 36.4 Å². The van der Waals surface area contributed by atoms with Gasteiger partial charge < -0.3 is 21.3 Å². The van der Waals surface area contributed by atoms with Crippen molar-refractivity contribution in [1.29, 1.82) is 0 Å². The van der Waals surface area contributed by atoms with Gasteiger partial charge >= 0.3 is 5.97 Å². The summed E-state index contributed by atoms with van der Waals surface area (Å²) in [6.07, 6.45) is 0. The second kappa shape index (κ2) is 5.60. The van der Waals surface area contributed by atoms with Crippen molar-refractivity contribution in [3.63, 3.8) is 0 Å². The fourth-order valence-electron chi connectivity index (χ4n) is 2.29. The van der Waals surface area contributed by atoms with E-state index in [1.165, 1.54) is 6.92 Å². The fourth-order valence-corrected chi connectivity index (χ4v) is 2.29. The summed E-state index contributed by atoms with van der Waals surface area (Å²) in [6.45, 7) is 5.38. The van der Waals surface area contributed by atoms with Crippen molar-refractivity contribution in [2.24, 2.45) is 0 Å². The molecule has 0 aliphatic heterocycles. The van der Waals surface area contributed by atoms with Gasteiger partial charge in [-0.2, -0.15) is 0 Å². The van der Waals surface area contributed by atoms with Crippen LogP contribution < -0.4 is 16.2 Å². The van der Waals surface area contributed by atoms with Gasteiger partial charge in [0.15, 0.2) is 5.75 Å². The Morgan fingerprint density at radius 2 is 1.59 bits per heavy atom. The molecule has 2 aromatic rings. The van der Waals surface area contributed by atoms with Crippen LogP contribution in [0.3, 0.4) is 0 Å². The lowest BCUT2D eigenvalue weighted by Gasteiger charge is -2.27. The molecule has 5 nitrogen and oxygen atoms in total. The monoisotopic (exact) mass is 300 g/mol. The molecule has 116 valence electrons. The number of hydrogen-bond acceptors (Lipinski definition) is 5. The molecule has 0 aliphatic carbocycles. The minimum absolute atomic E-state index is 0.0595. The van der Waals surface area contributed by atoms with Crippen LogP contribution in [-0.2, 0) is 10.2 Å². The topological polar surface area (TPSA) is 98.6 Å². The Kier molecular flexibility index (Phi) is 3.99. The van der Waals surface area contributed by atoms with E-state index in [1.54, 1.807) is 24.3 Å². The van der Waals surface area contributed by atoms with Crippen molar-refractivity contribution in [3.8, 4) is 11.5 Å². The number of rotatable bonds is 3. The van der Waals surface area contributed by atoms with Gasteiger partial charge in [-0.1, -0.05) is 26.0 Å². The SMILES string of the molecule is CC(=O)Oc1ccc(C(C)(C)c2ccc(O)c(N)c2)cc1N. The summed E-state index contributed by atoms with van der Waals surface area (Å²) in [4.78, 5) is 11.0. The third-order valence-electron chi connectivity index (χ3n) is 3.73. The fraction of sp³-hybridized carbons (Fsp3) is 0.235. The van der Waals surface area contributed by atoms with E-state index >= 15 is 0 Å². The molecule has 5 heteroatoms. The maximum absolute atomic E-state index is 11.0. The minimum Gasteiger partial charge on any atom is -0.506 e. The average molecular weight is 300 g/mol. The van der Waals surface area contributed by atoms with Crippen molar-refractivity contribution in [1.82, 2.24) is 0 Å². The first-order chi connectivity index (χ1) is 10.2. The smallest absolute Gasteiger partial charge is 0.308 e. The zero-order chi connectivity index (χ0) is 16.5. The molecular formula is C17H20N2O3. The zero-order valence-corrected chi connectivity index (χ0v) is 12.9. The molecule has 0 bridgehead atoms. The molecule has 22 heavy (non-hydrogen) atoms. The van der Waals surface area contributed by atoms with Crippen LogP contribution in [0.25, 0.3) is 0 Å². The molecule has 2 aromatic carbocycles. The third-order valence-corrected chi connectivity index (χ3v) is 3.73. The van der Waals surface area contributed by atoms with Gasteiger partial charge in [-0.3, -0.25) is 4.79 Å². The number of phenols is 1. The lowest BCUT2D eigenvalue weighted by atomic mass is 9.78. The number of carbonyl (C=O) groups is 1. The largest absolute Gasteiger partial charge is 0.506 e. The molecule has 0 amide bonds. The summed E-state index contributed by atoms with van der Waals surface area (Å²) in [7, 11) is 0. The van der Waals surface area contributed by atoms with E-state index in [2.05, 4.69) is 0 Å². The first kappa shape index (κ1) is 15.7. The highest BCUT2D eigenvalue weighted by Gasteiger charge is 2.24. The van der Waals surface area contributed by atoms with E-state index in [9.17, 15) is 9.90 Å². The van der Waals surface area contributed by atoms with Crippen LogP contribution in [0, 0.1) is 0 Å². The summed E-state index contributed by atoms with van der Waals surface area (Å²) in [6, 6.07) is 10.5. The van der Waals surface area contributed by atoms with Crippen molar-refractivity contribution in [2.75, 3.05) is 11.5 Å². The highest BCUT2D eigenvalue weighted by atomic mass is 16.5. The number of aromatic hydroxyl groups is 1. The number of ether oxygens (including phenoxy) is 1. The molecule has 0 fully saturated rings. The molecule has 0 aliphatic rings. The van der Waals surface area contributed by atoms with Gasteiger partial charge in [0.05, 0.1) is 11.4 Å². The average Bonchev–Trinajstić information content (AvgIpc) is 2.43. The van der Waals surface area contributed by atoms with Crippen molar-refractivity contribution in [2.45, 2.75) is 26.2 Å². The summed E-state index contributed by atoms with van der Waals surface area (Å²) in [5.74, 6) is -0.00782. The Hall–Kier alpha value is -2.69. The summed E-state index contributed by atoms with van der Waals surface area (Å²) < 4.78 is 5.04. The predicted octanol–water partition coefficient (Wildman–Crippen LogP) is 2.81. The number of nitrogens with two attached hydrogens (primary N) is 2. The van der Waals surface area contributed by atoms with E-state index in [-0.39, 0.29) is 11.2 Å². The molecule has 0 unspecified atom stereocenters. The minimum atomic E-state index is -0.412. The Bertz CT molecular complexity index is 724. The standard InChI is InChI=1S/C17H20N2O3/c1-10(20)22-16-7-5-12(9-14(16)19)17(2,3)11-4-6-15(21)13(18)8-11/h4-9,21H,18-19H2,1-3H3. The van der Waals surface area contributed by atoms with Crippen LogP contribution in [-0.4, -0.2) is 11.1 Å². The zero-order valence-electron chi connectivity index (χ0n) is 12.9. The predicted molar refractivity (Wildman–Crippen MR) is 86.8 cm³/mol. The number of carbonyl (C=O) groups excluding carboxylic acids is 1. The van der Waals surface area contributed by atoms with Gasteiger partial charge in [0.2, 0.25) is 0 Å². The van der Waals surface area contributed by atoms with Gasteiger partial charge in [0.25, 0.3) is 0 Å². The van der Waals surface area contributed by atoms with Gasteiger partial charge in [0, 0.05) is 12.3 Å². The maximum Gasteiger partial charge on any atom is 0.308 e. The Labute approximate surface area is 129 Å². The van der Waals surface area contributed by atoms with Gasteiger partial charge in [0.1, 0.15) is 5.75 Å². The normalized spacial score (nSPS) is 11.2. The number of benzene rings is 2. The third kappa shape index (κ3) is 2.98. The van der Waals surface area contributed by atoms with Crippen molar-refractivity contribution >= 4 is 17.3 Å². The second-order valence-electron chi connectivity index (χ2n) is 5.74. The second-order valence-corrected chi connectivity index (χ2v) is 5.74. The number of anilines is 2. The molecular weight excluding hydrogens is 280 g/mol. The highest BCUT2D eigenvalue weighted by Crippen LogP contribution is 2.37. The Morgan fingerprint density at radius 1 is 1.05 bits per heavy atom. The van der Waals surface area contributed by atoms with Crippen LogP contribution in [0.2, 0.25) is 0 Å². The number of hydrogen-bond donors (Lipinski definition) is 3. The van der Waals surface area contributed by atoms with Crippen LogP contribution in [0.4, 0.5) is 11.4 Å². The number of phenolic OH excluding ortho intramolecular Hbond substituents is 1. The quantitative estimate of drug-likeness (QED) is 0.350. The van der Waals surface area contributed by atoms with Gasteiger partial charge in [-0.25, -0.2) is 0 Å². The van der Waals surface area contributed by atoms with E-state index in [1.807, 2.05) is 26.0 Å². The van der Waals surface area contributed by atoms with Gasteiger partial charge in [-0.15, -0.1) is 0 Å².